The van der Waals surface area contributed by atoms with Gasteiger partial charge in [-0.2, -0.15) is 0 Å². The van der Waals surface area contributed by atoms with E-state index in [2.05, 4.69) is 5.16 Å². The van der Waals surface area contributed by atoms with Gasteiger partial charge in [-0.05, 0) is 5.56 Å². The maximum absolute atomic E-state index is 12.6. The van der Waals surface area contributed by atoms with Gasteiger partial charge in [0.15, 0.2) is 5.60 Å². The van der Waals surface area contributed by atoms with E-state index in [0.717, 1.165) is 5.56 Å². The third-order valence-electron chi connectivity index (χ3n) is 3.89. The minimum absolute atomic E-state index is 0.0626. The first-order valence-electron chi connectivity index (χ1n) is 7.07. The molecule has 0 bridgehead atoms. The van der Waals surface area contributed by atoms with Crippen molar-refractivity contribution in [2.75, 3.05) is 13.1 Å². The highest BCUT2D eigenvalue weighted by Gasteiger charge is 2.48. The van der Waals surface area contributed by atoms with Crippen molar-refractivity contribution in [3.8, 4) is 0 Å². The summed E-state index contributed by atoms with van der Waals surface area (Å²) in [5.74, 6) is 0. The fourth-order valence-corrected chi connectivity index (χ4v) is 2.70. The summed E-state index contributed by atoms with van der Waals surface area (Å²) in [7, 11) is 0. The highest BCUT2D eigenvalue weighted by Crippen LogP contribution is 2.35. The van der Waals surface area contributed by atoms with E-state index in [9.17, 15) is 13.6 Å². The first kappa shape index (κ1) is 14.7. The van der Waals surface area contributed by atoms with Crippen molar-refractivity contribution in [1.29, 1.82) is 0 Å². The standard InChI is InChI=1S/C15H16F2N2O3/c16-13(17)12-8-15(22-18-12)6-7-19(10-15)14(20)21-9-11-4-2-1-3-5-11/h1-5,13H,6-10H2. The Bertz CT molecular complexity index is 579. The smallest absolute Gasteiger partial charge is 0.410 e. The molecule has 0 aliphatic carbocycles. The molecule has 1 fully saturated rings. The van der Waals surface area contributed by atoms with Crippen LogP contribution in [0.5, 0.6) is 0 Å². The molecular formula is C15H16F2N2O3. The first-order chi connectivity index (χ1) is 10.6. The monoisotopic (exact) mass is 310 g/mol. The first-order valence-corrected chi connectivity index (χ1v) is 7.07. The van der Waals surface area contributed by atoms with E-state index in [1.54, 1.807) is 0 Å². The van der Waals surface area contributed by atoms with Crippen LogP contribution in [-0.4, -0.2) is 41.8 Å². The van der Waals surface area contributed by atoms with Gasteiger partial charge in [0, 0.05) is 19.4 Å². The number of hydrogen-bond acceptors (Lipinski definition) is 4. The predicted molar refractivity (Wildman–Crippen MR) is 74.7 cm³/mol. The highest BCUT2D eigenvalue weighted by molar-refractivity contribution is 5.89. The van der Waals surface area contributed by atoms with E-state index >= 15 is 0 Å². The number of benzene rings is 1. The second-order valence-corrected chi connectivity index (χ2v) is 5.55. The molecule has 2 aliphatic rings. The van der Waals surface area contributed by atoms with Gasteiger partial charge in [0.05, 0.1) is 6.54 Å². The van der Waals surface area contributed by atoms with Crippen LogP contribution in [-0.2, 0) is 16.2 Å². The number of likely N-dealkylation sites (tertiary alicyclic amines) is 1. The number of nitrogens with zero attached hydrogens (tertiary/aromatic N) is 2. The van der Waals surface area contributed by atoms with Gasteiger partial charge in [0.1, 0.15) is 12.3 Å². The zero-order chi connectivity index (χ0) is 15.6. The van der Waals surface area contributed by atoms with Gasteiger partial charge in [-0.25, -0.2) is 13.6 Å². The maximum atomic E-state index is 12.6. The van der Waals surface area contributed by atoms with Crippen molar-refractivity contribution < 1.29 is 23.1 Å². The Morgan fingerprint density at radius 1 is 1.41 bits per heavy atom. The van der Waals surface area contributed by atoms with Crippen LogP contribution in [0.3, 0.4) is 0 Å². The average molecular weight is 310 g/mol. The molecule has 0 radical (unpaired) electrons. The SMILES string of the molecule is O=C(OCc1ccccc1)N1CCC2(CC(C(F)F)=NO2)C1. The summed E-state index contributed by atoms with van der Waals surface area (Å²) >= 11 is 0. The zero-order valence-corrected chi connectivity index (χ0v) is 11.9. The molecule has 1 atom stereocenters. The molecule has 1 unspecified atom stereocenters. The van der Waals surface area contributed by atoms with Gasteiger partial charge in [0.2, 0.25) is 0 Å². The summed E-state index contributed by atoms with van der Waals surface area (Å²) in [4.78, 5) is 18.7. The van der Waals surface area contributed by atoms with Gasteiger partial charge in [-0.3, -0.25) is 0 Å². The largest absolute Gasteiger partial charge is 0.445 e. The van der Waals surface area contributed by atoms with Crippen LogP contribution >= 0.6 is 0 Å². The zero-order valence-electron chi connectivity index (χ0n) is 11.9. The van der Waals surface area contributed by atoms with Gasteiger partial charge >= 0.3 is 6.09 Å². The van der Waals surface area contributed by atoms with Gasteiger partial charge in [-0.15, -0.1) is 0 Å². The van der Waals surface area contributed by atoms with Crippen LogP contribution in [0.4, 0.5) is 13.6 Å². The Kier molecular flexibility index (Phi) is 3.96. The van der Waals surface area contributed by atoms with Crippen LogP contribution < -0.4 is 0 Å². The molecule has 1 aromatic rings. The van der Waals surface area contributed by atoms with E-state index in [4.69, 9.17) is 9.57 Å². The van der Waals surface area contributed by atoms with Gasteiger partial charge < -0.3 is 14.5 Å². The van der Waals surface area contributed by atoms with Crippen molar-refractivity contribution in [3.63, 3.8) is 0 Å². The Morgan fingerprint density at radius 3 is 2.86 bits per heavy atom. The fourth-order valence-electron chi connectivity index (χ4n) is 2.70. The minimum atomic E-state index is -2.61. The number of hydrogen-bond donors (Lipinski definition) is 0. The van der Waals surface area contributed by atoms with E-state index in [1.165, 1.54) is 4.90 Å². The van der Waals surface area contributed by atoms with E-state index < -0.39 is 18.1 Å². The molecule has 1 saturated heterocycles. The molecule has 1 amide bonds. The molecule has 0 N–H and O–H groups in total. The predicted octanol–water partition coefficient (Wildman–Crippen LogP) is 2.81. The normalized spacial score (nSPS) is 23.8. The molecule has 5 nitrogen and oxygen atoms in total. The minimum Gasteiger partial charge on any atom is -0.445 e. The Hall–Kier alpha value is -2.18. The summed E-state index contributed by atoms with van der Waals surface area (Å²) in [6.45, 7) is 0.822. The average Bonchev–Trinajstić information content (AvgIpc) is 3.14. The fraction of sp³-hybridized carbons (Fsp3) is 0.467. The number of carbonyl (C=O) groups is 1. The van der Waals surface area contributed by atoms with Crippen LogP contribution in [0.25, 0.3) is 0 Å². The number of ether oxygens (including phenoxy) is 1. The third-order valence-corrected chi connectivity index (χ3v) is 3.89. The molecule has 0 saturated carbocycles. The van der Waals surface area contributed by atoms with Crippen LogP contribution in [0.1, 0.15) is 18.4 Å². The molecule has 3 rings (SSSR count). The number of rotatable bonds is 3. The number of halogens is 2. The lowest BCUT2D eigenvalue weighted by molar-refractivity contribution is -0.0105. The number of amides is 1. The van der Waals surface area contributed by atoms with E-state index in [-0.39, 0.29) is 25.3 Å². The molecule has 2 aliphatic heterocycles. The Morgan fingerprint density at radius 2 is 2.18 bits per heavy atom. The molecular weight excluding hydrogens is 294 g/mol. The van der Waals surface area contributed by atoms with Crippen molar-refractivity contribution in [3.05, 3.63) is 35.9 Å². The topological polar surface area (TPSA) is 51.1 Å². The highest BCUT2D eigenvalue weighted by atomic mass is 19.3. The summed E-state index contributed by atoms with van der Waals surface area (Å²) < 4.78 is 30.5. The van der Waals surface area contributed by atoms with Crippen LogP contribution in [0.2, 0.25) is 0 Å². The molecule has 2 heterocycles. The summed E-state index contributed by atoms with van der Waals surface area (Å²) in [5.41, 5.74) is -0.165. The lowest BCUT2D eigenvalue weighted by Crippen LogP contribution is -2.37. The quantitative estimate of drug-likeness (QED) is 0.862. The van der Waals surface area contributed by atoms with Crippen molar-refractivity contribution in [2.45, 2.75) is 31.5 Å². The molecule has 0 aromatic heterocycles. The second-order valence-electron chi connectivity index (χ2n) is 5.55. The Labute approximate surface area is 126 Å². The van der Waals surface area contributed by atoms with E-state index in [1.807, 2.05) is 30.3 Å². The van der Waals surface area contributed by atoms with Crippen molar-refractivity contribution in [2.24, 2.45) is 5.16 Å². The Balaban J connectivity index is 1.52. The number of carbonyl (C=O) groups excluding carboxylic acids is 1. The van der Waals surface area contributed by atoms with Gasteiger partial charge in [0.25, 0.3) is 6.43 Å². The van der Waals surface area contributed by atoms with Crippen LogP contribution in [0.15, 0.2) is 35.5 Å². The van der Waals surface area contributed by atoms with Crippen molar-refractivity contribution in [1.82, 2.24) is 4.90 Å². The third kappa shape index (κ3) is 3.03. The summed E-state index contributed by atoms with van der Waals surface area (Å²) in [6, 6.07) is 9.34. The maximum Gasteiger partial charge on any atom is 0.410 e. The molecule has 22 heavy (non-hydrogen) atoms. The lowest BCUT2D eigenvalue weighted by Gasteiger charge is -2.21. The van der Waals surface area contributed by atoms with E-state index in [0.29, 0.717) is 13.0 Å². The molecule has 118 valence electrons. The molecule has 1 spiro atoms. The second kappa shape index (κ2) is 5.90. The number of oxime groups is 1. The summed E-state index contributed by atoms with van der Waals surface area (Å²) in [5, 5.41) is 3.45. The lowest BCUT2D eigenvalue weighted by atomic mass is 9.97. The molecule has 7 heteroatoms. The van der Waals surface area contributed by atoms with Crippen LogP contribution in [0, 0.1) is 0 Å². The summed E-state index contributed by atoms with van der Waals surface area (Å²) in [6.07, 6.45) is -2.53. The van der Waals surface area contributed by atoms with Gasteiger partial charge in [-0.1, -0.05) is 35.5 Å². The molecule has 1 aromatic carbocycles. The number of alkyl halides is 2. The van der Waals surface area contributed by atoms with Crippen molar-refractivity contribution >= 4 is 11.8 Å².